The third-order valence-corrected chi connectivity index (χ3v) is 4.16. The van der Waals surface area contributed by atoms with Crippen molar-refractivity contribution in [1.29, 1.82) is 0 Å². The van der Waals surface area contributed by atoms with Gasteiger partial charge in [-0.15, -0.1) is 6.58 Å². The van der Waals surface area contributed by atoms with E-state index in [1.165, 1.54) is 0 Å². The molecule has 2 rings (SSSR count). The van der Waals surface area contributed by atoms with Crippen molar-refractivity contribution in [3.8, 4) is 11.5 Å². The Hall–Kier alpha value is -3.26. The minimum Gasteiger partial charge on any atom is -0.508 e. The van der Waals surface area contributed by atoms with E-state index in [0.29, 0.717) is 11.5 Å². The zero-order chi connectivity index (χ0) is 21.6. The van der Waals surface area contributed by atoms with Gasteiger partial charge in [0.2, 0.25) is 0 Å². The van der Waals surface area contributed by atoms with E-state index in [9.17, 15) is 10.2 Å². The Morgan fingerprint density at radius 3 is 1.83 bits per heavy atom. The molecule has 2 heteroatoms. The molecule has 0 atom stereocenters. The van der Waals surface area contributed by atoms with E-state index in [2.05, 4.69) is 12.7 Å². The fourth-order valence-electron chi connectivity index (χ4n) is 2.94. The number of para-hydroxylation sites is 1. The van der Waals surface area contributed by atoms with Gasteiger partial charge in [-0.1, -0.05) is 72.9 Å². The maximum atomic E-state index is 10.2. The van der Waals surface area contributed by atoms with E-state index < -0.39 is 0 Å². The third kappa shape index (κ3) is 7.00. The van der Waals surface area contributed by atoms with E-state index in [1.807, 2.05) is 94.5 Å². The van der Waals surface area contributed by atoms with Gasteiger partial charge in [-0.3, -0.25) is 0 Å². The van der Waals surface area contributed by atoms with Crippen LogP contribution in [-0.4, -0.2) is 10.2 Å². The highest BCUT2D eigenvalue weighted by molar-refractivity contribution is 5.82. The molecule has 2 nitrogen and oxygen atoms in total. The lowest BCUT2D eigenvalue weighted by Crippen LogP contribution is -1.92. The summed E-state index contributed by atoms with van der Waals surface area (Å²) in [5, 5.41) is 19.4. The van der Waals surface area contributed by atoms with Crippen LogP contribution in [0.15, 0.2) is 67.3 Å². The van der Waals surface area contributed by atoms with Crippen LogP contribution in [-0.2, 0) is 6.42 Å². The van der Waals surface area contributed by atoms with Gasteiger partial charge in [-0.25, -0.2) is 0 Å². The number of rotatable bonds is 6. The number of phenolic OH excluding ortho intramolecular Hbond substituents is 2. The number of benzene rings is 2. The topological polar surface area (TPSA) is 40.5 Å². The number of hydrogen-bond donors (Lipinski definition) is 2. The molecule has 0 aromatic heterocycles. The first-order valence-electron chi connectivity index (χ1n) is 9.82. The lowest BCUT2D eigenvalue weighted by atomic mass is 9.93. The van der Waals surface area contributed by atoms with Gasteiger partial charge in [0.25, 0.3) is 0 Å². The lowest BCUT2D eigenvalue weighted by molar-refractivity contribution is 0.469. The summed E-state index contributed by atoms with van der Waals surface area (Å²) in [4.78, 5) is 0. The molecule has 152 valence electrons. The van der Waals surface area contributed by atoms with Gasteiger partial charge in [-0.05, 0) is 68.5 Å². The summed E-state index contributed by atoms with van der Waals surface area (Å²) in [6, 6.07) is 9.09. The molecule has 2 aromatic rings. The minimum atomic E-state index is 0.313. The van der Waals surface area contributed by atoms with Crippen LogP contribution in [0, 0.1) is 0 Å². The quantitative estimate of drug-likeness (QED) is 0.499. The summed E-state index contributed by atoms with van der Waals surface area (Å²) in [6.45, 7) is 11.5. The molecule has 0 saturated heterocycles. The van der Waals surface area contributed by atoms with Gasteiger partial charge in [-0.2, -0.15) is 0 Å². The zero-order valence-electron chi connectivity index (χ0n) is 17.9. The normalized spacial score (nSPS) is 11.4. The fourth-order valence-corrected chi connectivity index (χ4v) is 2.94. The fraction of sp³-hybridized carbons (Fsp3) is 0.185. The largest absolute Gasteiger partial charge is 0.508 e. The van der Waals surface area contributed by atoms with Crippen molar-refractivity contribution in [2.45, 2.75) is 34.1 Å². The number of phenols is 2. The maximum absolute atomic E-state index is 10.2. The molecule has 0 amide bonds. The average Bonchev–Trinajstić information content (AvgIpc) is 2.70. The molecule has 0 heterocycles. The first-order valence-corrected chi connectivity index (χ1v) is 9.82. The van der Waals surface area contributed by atoms with Crippen molar-refractivity contribution in [3.05, 3.63) is 95.1 Å². The third-order valence-electron chi connectivity index (χ3n) is 4.16. The van der Waals surface area contributed by atoms with Crippen molar-refractivity contribution < 1.29 is 10.2 Å². The molecule has 2 aromatic carbocycles. The van der Waals surface area contributed by atoms with Crippen LogP contribution in [0.25, 0.3) is 24.3 Å². The molecule has 0 unspecified atom stereocenters. The molecule has 0 bridgehead atoms. The lowest BCUT2D eigenvalue weighted by Gasteiger charge is -2.13. The molecular weight excluding hydrogens is 356 g/mol. The monoisotopic (exact) mass is 388 g/mol. The Kier molecular flexibility index (Phi) is 10.7. The van der Waals surface area contributed by atoms with E-state index in [-0.39, 0.29) is 0 Å². The van der Waals surface area contributed by atoms with Crippen LogP contribution in [0.5, 0.6) is 11.5 Å². The highest BCUT2D eigenvalue weighted by Crippen LogP contribution is 2.32. The van der Waals surface area contributed by atoms with Gasteiger partial charge in [0.15, 0.2) is 0 Å². The zero-order valence-corrected chi connectivity index (χ0v) is 17.9. The molecule has 29 heavy (non-hydrogen) atoms. The van der Waals surface area contributed by atoms with Gasteiger partial charge in [0.1, 0.15) is 11.5 Å². The summed E-state index contributed by atoms with van der Waals surface area (Å²) in [5.74, 6) is 0.662. The van der Waals surface area contributed by atoms with Gasteiger partial charge in [0.05, 0.1) is 0 Å². The SMILES string of the molecule is C/C=C\c1cc(O)c(/C=C\C)c(/C=C\C)c1/C=C\C.C=CCc1ccccc1O. The summed E-state index contributed by atoms with van der Waals surface area (Å²) in [6.07, 6.45) is 18.5. The number of allylic oxidation sites excluding steroid dienone is 5. The standard InChI is InChI=1S/C18H22O.C9H10O/c1-5-9-14-13-18(19)17(12-8-4)16(11-7-3)15(14)10-6-2;1-2-5-8-6-3-4-7-9(8)10/h5-13,19H,1-4H3;2-4,6-7,10H,1,5H2/b9-5-,10-6-,11-7-,12-8-;. The minimum absolute atomic E-state index is 0.313. The predicted molar refractivity (Wildman–Crippen MR) is 129 cm³/mol. The molecule has 0 radical (unpaired) electrons. The Bertz CT molecular complexity index is 912. The summed E-state index contributed by atoms with van der Waals surface area (Å²) < 4.78 is 0. The maximum Gasteiger partial charge on any atom is 0.124 e. The van der Waals surface area contributed by atoms with Gasteiger partial charge < -0.3 is 10.2 Å². The molecule has 0 aliphatic carbocycles. The highest BCUT2D eigenvalue weighted by Gasteiger charge is 2.11. The van der Waals surface area contributed by atoms with Crippen LogP contribution in [0.1, 0.15) is 55.5 Å². The molecule has 0 fully saturated rings. The first-order chi connectivity index (χ1) is 14.0. The highest BCUT2D eigenvalue weighted by atomic mass is 16.3. The Labute approximate surface area is 175 Å². The average molecular weight is 389 g/mol. The van der Waals surface area contributed by atoms with E-state index in [1.54, 1.807) is 12.1 Å². The molecule has 0 spiro atoms. The second-order valence-corrected chi connectivity index (χ2v) is 6.35. The second kappa shape index (κ2) is 13.0. The Morgan fingerprint density at radius 2 is 1.28 bits per heavy atom. The van der Waals surface area contributed by atoms with Gasteiger partial charge in [0, 0.05) is 5.56 Å². The van der Waals surface area contributed by atoms with Crippen molar-refractivity contribution in [2.75, 3.05) is 0 Å². The predicted octanol–water partition coefficient (Wildman–Crippen LogP) is 7.65. The van der Waals surface area contributed by atoms with Gasteiger partial charge >= 0.3 is 0 Å². The van der Waals surface area contributed by atoms with Crippen LogP contribution < -0.4 is 0 Å². The second-order valence-electron chi connectivity index (χ2n) is 6.35. The smallest absolute Gasteiger partial charge is 0.124 e. The molecule has 0 saturated carbocycles. The van der Waals surface area contributed by atoms with Crippen LogP contribution >= 0.6 is 0 Å². The molecule has 0 aliphatic heterocycles. The van der Waals surface area contributed by atoms with Crippen LogP contribution in [0.4, 0.5) is 0 Å². The van der Waals surface area contributed by atoms with E-state index in [4.69, 9.17) is 0 Å². The molecule has 2 N–H and O–H groups in total. The molecular formula is C27H32O2. The summed E-state index contributed by atoms with van der Waals surface area (Å²) in [7, 11) is 0. The van der Waals surface area contributed by atoms with Crippen molar-refractivity contribution in [2.24, 2.45) is 0 Å². The van der Waals surface area contributed by atoms with E-state index >= 15 is 0 Å². The van der Waals surface area contributed by atoms with Crippen LogP contribution in [0.2, 0.25) is 0 Å². The Morgan fingerprint density at radius 1 is 0.724 bits per heavy atom. The van der Waals surface area contributed by atoms with Crippen molar-refractivity contribution >= 4 is 24.3 Å². The van der Waals surface area contributed by atoms with Crippen molar-refractivity contribution in [3.63, 3.8) is 0 Å². The van der Waals surface area contributed by atoms with Crippen LogP contribution in [0.3, 0.4) is 0 Å². The number of aromatic hydroxyl groups is 2. The summed E-state index contributed by atoms with van der Waals surface area (Å²) in [5.41, 5.74) is 5.00. The number of hydrogen-bond acceptors (Lipinski definition) is 2. The first kappa shape index (κ1) is 23.8. The molecule has 0 aliphatic rings. The Balaban J connectivity index is 0.000000352. The van der Waals surface area contributed by atoms with E-state index in [0.717, 1.165) is 34.2 Å². The van der Waals surface area contributed by atoms with Crippen molar-refractivity contribution in [1.82, 2.24) is 0 Å². The summed E-state index contributed by atoms with van der Waals surface area (Å²) >= 11 is 0.